The molecule has 1 aliphatic heterocycles. The van der Waals surface area contributed by atoms with Crippen LogP contribution >= 0.6 is 0 Å². The monoisotopic (exact) mass is 216 g/mol. The van der Waals surface area contributed by atoms with Gasteiger partial charge in [0.2, 0.25) is 0 Å². The molecule has 1 aliphatic carbocycles. The number of nitrogens with one attached hydrogen (secondary N) is 1. The summed E-state index contributed by atoms with van der Waals surface area (Å²) in [6, 6.07) is 0. The van der Waals surface area contributed by atoms with Crippen molar-refractivity contribution in [3.05, 3.63) is 11.3 Å². The van der Waals surface area contributed by atoms with Gasteiger partial charge in [0, 0.05) is 11.3 Å². The van der Waals surface area contributed by atoms with Crippen LogP contribution in [0.25, 0.3) is 0 Å². The summed E-state index contributed by atoms with van der Waals surface area (Å²) in [7, 11) is -3.83. The van der Waals surface area contributed by atoms with Gasteiger partial charge in [0.25, 0.3) is 0 Å². The molecule has 0 amide bonds. The minimum Gasteiger partial charge on any atom is -0.476 e. The molecule has 0 radical (unpaired) electrons. The summed E-state index contributed by atoms with van der Waals surface area (Å²) < 4.78 is 27.6. The van der Waals surface area contributed by atoms with E-state index in [1.165, 1.54) is 0 Å². The van der Waals surface area contributed by atoms with Crippen molar-refractivity contribution in [2.45, 2.75) is 19.3 Å². The minimum atomic E-state index is -3.83. The second-order valence-electron chi connectivity index (χ2n) is 3.13. The number of hydrogen-bond acceptors (Lipinski definition) is 3. The first-order chi connectivity index (χ1) is 6.49. The first-order valence-electron chi connectivity index (χ1n) is 4.08. The van der Waals surface area contributed by atoms with E-state index in [0.29, 0.717) is 24.1 Å². The maximum absolute atomic E-state index is 11.1. The number of carboxylic acids is 1. The molecule has 76 valence electrons. The summed E-state index contributed by atoms with van der Waals surface area (Å²) in [6.07, 6.45) is 1.91. The number of carboxylic acid groups (broad SMARTS) is 1. The third-order valence-corrected chi connectivity index (χ3v) is 3.10. The average molecular weight is 216 g/mol. The Hall–Kier alpha value is -1.37. The number of nitrogens with zero attached hydrogens (tertiary/aromatic N) is 1. The molecule has 2 rings (SSSR count). The van der Waals surface area contributed by atoms with Crippen molar-refractivity contribution >= 4 is 21.9 Å². The molecule has 0 saturated carbocycles. The molecule has 6 nitrogen and oxygen atoms in total. The first-order valence-corrected chi connectivity index (χ1v) is 5.52. The maximum atomic E-state index is 11.1. The van der Waals surface area contributed by atoms with Crippen LogP contribution in [0.1, 0.15) is 19.3 Å². The molecule has 0 atom stereocenters. The minimum absolute atomic E-state index is 0.337. The fraction of sp³-hybridized carbons (Fsp3) is 0.429. The Morgan fingerprint density at radius 2 is 2.14 bits per heavy atom. The van der Waals surface area contributed by atoms with E-state index in [1.807, 2.05) is 0 Å². The molecule has 2 aliphatic rings. The lowest BCUT2D eigenvalue weighted by Crippen LogP contribution is -2.31. The van der Waals surface area contributed by atoms with E-state index in [9.17, 15) is 13.2 Å². The van der Waals surface area contributed by atoms with Crippen LogP contribution in [0.2, 0.25) is 0 Å². The second kappa shape index (κ2) is 2.81. The van der Waals surface area contributed by atoms with Crippen LogP contribution in [-0.4, -0.2) is 25.2 Å². The summed E-state index contributed by atoms with van der Waals surface area (Å²) >= 11 is 0. The predicted octanol–water partition coefficient (Wildman–Crippen LogP) is -0.202. The van der Waals surface area contributed by atoms with Gasteiger partial charge in [-0.25, -0.2) is 4.79 Å². The van der Waals surface area contributed by atoms with Crippen molar-refractivity contribution in [3.8, 4) is 0 Å². The Morgan fingerprint density at radius 3 is 2.79 bits per heavy atom. The van der Waals surface area contributed by atoms with Gasteiger partial charge < -0.3 is 5.11 Å². The van der Waals surface area contributed by atoms with Crippen LogP contribution in [0.4, 0.5) is 0 Å². The number of rotatable bonds is 1. The molecule has 2 N–H and O–H groups in total. The third-order valence-electron chi connectivity index (χ3n) is 2.17. The molecular formula is C7H8N2O4S. The Kier molecular flexibility index (Phi) is 1.84. The van der Waals surface area contributed by atoms with E-state index in [0.717, 1.165) is 6.42 Å². The van der Waals surface area contributed by atoms with Crippen molar-refractivity contribution < 1.29 is 18.3 Å². The van der Waals surface area contributed by atoms with Crippen LogP contribution in [-0.2, 0) is 15.0 Å². The number of hydrogen-bond donors (Lipinski definition) is 2. The Labute approximate surface area is 80.5 Å². The number of allylic oxidation sites excluding steroid dienone is 1. The van der Waals surface area contributed by atoms with Crippen molar-refractivity contribution in [2.24, 2.45) is 4.40 Å². The van der Waals surface area contributed by atoms with Crippen LogP contribution in [0.15, 0.2) is 15.7 Å². The van der Waals surface area contributed by atoms with Gasteiger partial charge in [0.15, 0.2) is 5.71 Å². The first kappa shape index (κ1) is 9.20. The fourth-order valence-corrected chi connectivity index (χ4v) is 2.65. The smallest absolute Gasteiger partial charge is 0.355 e. The largest absolute Gasteiger partial charge is 0.476 e. The van der Waals surface area contributed by atoms with E-state index in [2.05, 4.69) is 9.12 Å². The zero-order valence-corrected chi connectivity index (χ0v) is 7.97. The predicted molar refractivity (Wildman–Crippen MR) is 48.0 cm³/mol. The Morgan fingerprint density at radius 1 is 1.43 bits per heavy atom. The molecule has 0 spiro atoms. The molecule has 1 heterocycles. The standard InChI is InChI=1S/C7H8N2O4S/c10-7(11)6-4-2-1-3-5(4)8-14(12,13)9-6/h8H,1-3H2,(H,10,11). The van der Waals surface area contributed by atoms with Crippen molar-refractivity contribution in [3.63, 3.8) is 0 Å². The Balaban J connectivity index is 2.54. The second-order valence-corrected chi connectivity index (χ2v) is 4.47. The normalized spacial score (nSPS) is 23.9. The van der Waals surface area contributed by atoms with Gasteiger partial charge in [-0.3, -0.25) is 4.72 Å². The van der Waals surface area contributed by atoms with Crippen LogP contribution in [0.3, 0.4) is 0 Å². The van der Waals surface area contributed by atoms with Crippen LogP contribution in [0, 0.1) is 0 Å². The van der Waals surface area contributed by atoms with E-state index < -0.39 is 16.2 Å². The summed E-state index contributed by atoms with van der Waals surface area (Å²) in [5.74, 6) is -1.29. The molecule has 0 fully saturated rings. The summed E-state index contributed by atoms with van der Waals surface area (Å²) in [4.78, 5) is 10.7. The van der Waals surface area contributed by atoms with E-state index in [-0.39, 0.29) is 5.71 Å². The van der Waals surface area contributed by atoms with Gasteiger partial charge in [-0.1, -0.05) is 0 Å². The summed E-state index contributed by atoms with van der Waals surface area (Å²) in [6.45, 7) is 0. The zero-order chi connectivity index (χ0) is 10.3. The van der Waals surface area contributed by atoms with Gasteiger partial charge >= 0.3 is 16.2 Å². The van der Waals surface area contributed by atoms with Crippen LogP contribution < -0.4 is 4.72 Å². The van der Waals surface area contributed by atoms with Crippen LogP contribution in [0.5, 0.6) is 0 Å². The van der Waals surface area contributed by atoms with Crippen molar-refractivity contribution in [1.82, 2.24) is 4.72 Å². The average Bonchev–Trinajstić information content (AvgIpc) is 2.47. The molecule has 14 heavy (non-hydrogen) atoms. The van der Waals surface area contributed by atoms with Gasteiger partial charge in [0.05, 0.1) is 0 Å². The van der Waals surface area contributed by atoms with Gasteiger partial charge in [-0.05, 0) is 19.3 Å². The molecule has 0 unspecified atom stereocenters. The fourth-order valence-electron chi connectivity index (χ4n) is 1.64. The summed E-state index contributed by atoms with van der Waals surface area (Å²) in [5, 5.41) is 8.76. The molecule has 0 saturated heterocycles. The highest BCUT2D eigenvalue weighted by molar-refractivity contribution is 7.88. The highest BCUT2D eigenvalue weighted by atomic mass is 32.2. The maximum Gasteiger partial charge on any atom is 0.355 e. The lowest BCUT2D eigenvalue weighted by atomic mass is 10.1. The third kappa shape index (κ3) is 1.39. The number of aliphatic carboxylic acids is 1. The SMILES string of the molecule is O=C(O)C1=NS(=O)(=O)NC2=C1CCC2. The van der Waals surface area contributed by atoms with E-state index in [1.54, 1.807) is 0 Å². The molecule has 0 bridgehead atoms. The Bertz CT molecular complexity index is 460. The van der Waals surface area contributed by atoms with E-state index in [4.69, 9.17) is 5.11 Å². The highest BCUT2D eigenvalue weighted by Crippen LogP contribution is 2.28. The zero-order valence-electron chi connectivity index (χ0n) is 7.15. The lowest BCUT2D eigenvalue weighted by Gasteiger charge is -2.14. The van der Waals surface area contributed by atoms with Crippen molar-refractivity contribution in [2.75, 3.05) is 0 Å². The summed E-state index contributed by atoms with van der Waals surface area (Å²) in [5.41, 5.74) is 0.668. The number of carbonyl (C=O) groups is 1. The molecule has 0 aromatic carbocycles. The van der Waals surface area contributed by atoms with Crippen molar-refractivity contribution in [1.29, 1.82) is 0 Å². The topological polar surface area (TPSA) is 95.8 Å². The molecule has 7 heteroatoms. The lowest BCUT2D eigenvalue weighted by molar-refractivity contribution is -0.129. The van der Waals surface area contributed by atoms with Gasteiger partial charge in [-0.2, -0.15) is 8.42 Å². The quantitative estimate of drug-likeness (QED) is 0.634. The highest BCUT2D eigenvalue weighted by Gasteiger charge is 2.31. The van der Waals surface area contributed by atoms with Gasteiger partial charge in [0.1, 0.15) is 0 Å². The van der Waals surface area contributed by atoms with E-state index >= 15 is 0 Å². The molecule has 0 aromatic heterocycles. The molecule has 0 aromatic rings. The van der Waals surface area contributed by atoms with Gasteiger partial charge in [-0.15, -0.1) is 4.40 Å². The molecular weight excluding hydrogens is 208 g/mol.